The standard InChI is InChI=1S/C22H32N2O3S/c1-22(2,3)21(26)24-15-28-14-18(24)20(25)23-11-9-16(10-12-23)13-17-7-5-6-8-19(17)27-4/h5-8,16,18H,9-15H2,1-4H3. The lowest BCUT2D eigenvalue weighted by Crippen LogP contribution is -2.53. The summed E-state index contributed by atoms with van der Waals surface area (Å²) in [6.07, 6.45) is 2.98. The molecule has 1 atom stereocenters. The third kappa shape index (κ3) is 4.65. The number of thioether (sulfide) groups is 1. The lowest BCUT2D eigenvalue weighted by Gasteiger charge is -2.36. The SMILES string of the molecule is COc1ccccc1CC1CCN(C(=O)C2CSCN2C(=O)C(C)(C)C)CC1. The number of rotatable bonds is 4. The van der Waals surface area contributed by atoms with E-state index in [2.05, 4.69) is 12.1 Å². The second-order valence-corrected chi connectivity index (χ2v) is 9.83. The highest BCUT2D eigenvalue weighted by molar-refractivity contribution is 7.99. The second kappa shape index (κ2) is 8.76. The fourth-order valence-corrected chi connectivity index (χ4v) is 5.17. The van der Waals surface area contributed by atoms with Crippen molar-refractivity contribution in [1.82, 2.24) is 9.80 Å². The maximum absolute atomic E-state index is 13.1. The van der Waals surface area contributed by atoms with Gasteiger partial charge >= 0.3 is 0 Å². The van der Waals surface area contributed by atoms with Gasteiger partial charge in [0.25, 0.3) is 0 Å². The number of benzene rings is 1. The second-order valence-electron chi connectivity index (χ2n) is 8.83. The maximum atomic E-state index is 13.1. The summed E-state index contributed by atoms with van der Waals surface area (Å²) in [5.74, 6) is 3.03. The van der Waals surface area contributed by atoms with Gasteiger partial charge in [-0.05, 0) is 36.8 Å². The molecule has 0 radical (unpaired) electrons. The molecule has 28 heavy (non-hydrogen) atoms. The van der Waals surface area contributed by atoms with Gasteiger partial charge in [-0.1, -0.05) is 39.0 Å². The Bertz CT molecular complexity index is 708. The lowest BCUT2D eigenvalue weighted by atomic mass is 9.89. The average molecular weight is 405 g/mol. The van der Waals surface area contributed by atoms with E-state index in [1.165, 1.54) is 5.56 Å². The van der Waals surface area contributed by atoms with E-state index < -0.39 is 5.41 Å². The molecule has 2 aliphatic heterocycles. The van der Waals surface area contributed by atoms with E-state index in [9.17, 15) is 9.59 Å². The molecule has 6 heteroatoms. The fourth-order valence-electron chi connectivity index (χ4n) is 4.03. The van der Waals surface area contributed by atoms with E-state index in [1.54, 1.807) is 23.8 Å². The van der Waals surface area contributed by atoms with Crippen LogP contribution in [0.15, 0.2) is 24.3 Å². The molecule has 1 aromatic carbocycles. The summed E-state index contributed by atoms with van der Waals surface area (Å²) in [5.41, 5.74) is 0.787. The van der Waals surface area contributed by atoms with Crippen LogP contribution in [-0.4, -0.2) is 59.5 Å². The molecular formula is C22H32N2O3S. The van der Waals surface area contributed by atoms with Gasteiger partial charge in [-0.2, -0.15) is 0 Å². The van der Waals surface area contributed by atoms with Gasteiger partial charge in [0.1, 0.15) is 11.8 Å². The summed E-state index contributed by atoms with van der Waals surface area (Å²) in [5, 5.41) is 0. The third-order valence-corrected chi connectivity index (χ3v) is 6.71. The van der Waals surface area contributed by atoms with Gasteiger partial charge < -0.3 is 14.5 Å². The molecule has 0 spiro atoms. The quantitative estimate of drug-likeness (QED) is 0.772. The predicted molar refractivity (Wildman–Crippen MR) is 113 cm³/mol. The zero-order valence-corrected chi connectivity index (χ0v) is 18.3. The van der Waals surface area contributed by atoms with Crippen LogP contribution < -0.4 is 4.74 Å². The maximum Gasteiger partial charge on any atom is 0.246 e. The summed E-state index contributed by atoms with van der Waals surface area (Å²) in [6.45, 7) is 7.31. The molecule has 1 aromatic rings. The number of nitrogens with zero attached hydrogens (tertiary/aromatic N) is 2. The first-order valence-electron chi connectivity index (χ1n) is 10.1. The number of ether oxygens (including phenoxy) is 1. The van der Waals surface area contributed by atoms with Crippen LogP contribution >= 0.6 is 11.8 Å². The molecule has 2 amide bonds. The highest BCUT2D eigenvalue weighted by atomic mass is 32.2. The van der Waals surface area contributed by atoms with Crippen LogP contribution in [-0.2, 0) is 16.0 Å². The first kappa shape index (κ1) is 21.0. The molecule has 0 N–H and O–H groups in total. The summed E-state index contributed by atoms with van der Waals surface area (Å²) >= 11 is 1.68. The van der Waals surface area contributed by atoms with E-state index in [0.29, 0.717) is 17.5 Å². The molecule has 2 fully saturated rings. The van der Waals surface area contributed by atoms with Crippen molar-refractivity contribution in [2.75, 3.05) is 31.8 Å². The van der Waals surface area contributed by atoms with Gasteiger partial charge in [0.15, 0.2) is 0 Å². The highest BCUT2D eigenvalue weighted by Crippen LogP contribution is 2.31. The predicted octanol–water partition coefficient (Wildman–Crippen LogP) is 3.42. The summed E-state index contributed by atoms with van der Waals surface area (Å²) < 4.78 is 5.47. The van der Waals surface area contributed by atoms with Gasteiger partial charge in [0.2, 0.25) is 11.8 Å². The summed E-state index contributed by atoms with van der Waals surface area (Å²) in [4.78, 5) is 29.6. The van der Waals surface area contributed by atoms with Crippen molar-refractivity contribution in [2.45, 2.75) is 46.1 Å². The third-order valence-electron chi connectivity index (χ3n) is 5.70. The van der Waals surface area contributed by atoms with E-state index in [-0.39, 0.29) is 17.9 Å². The smallest absolute Gasteiger partial charge is 0.246 e. The number of para-hydroxylation sites is 1. The monoisotopic (exact) mass is 404 g/mol. The molecule has 2 aliphatic rings. The molecule has 0 bridgehead atoms. The van der Waals surface area contributed by atoms with Crippen LogP contribution in [0.5, 0.6) is 5.75 Å². The fraction of sp³-hybridized carbons (Fsp3) is 0.636. The Kier molecular flexibility index (Phi) is 6.58. The number of piperidine rings is 1. The molecular weight excluding hydrogens is 372 g/mol. The Balaban J connectivity index is 1.57. The van der Waals surface area contributed by atoms with Crippen molar-refractivity contribution in [2.24, 2.45) is 11.3 Å². The number of methoxy groups -OCH3 is 1. The summed E-state index contributed by atoms with van der Waals surface area (Å²) in [7, 11) is 1.71. The molecule has 1 unspecified atom stereocenters. The Hall–Kier alpha value is -1.69. The van der Waals surface area contributed by atoms with Crippen LogP contribution in [0.2, 0.25) is 0 Å². The average Bonchev–Trinajstić information content (AvgIpc) is 3.16. The van der Waals surface area contributed by atoms with Crippen LogP contribution in [0, 0.1) is 11.3 Å². The molecule has 2 heterocycles. The van der Waals surface area contributed by atoms with Gasteiger partial charge in [-0.25, -0.2) is 0 Å². The Morgan fingerprint density at radius 3 is 2.50 bits per heavy atom. The van der Waals surface area contributed by atoms with Crippen LogP contribution in [0.25, 0.3) is 0 Å². The number of hydrogen-bond donors (Lipinski definition) is 0. The van der Waals surface area contributed by atoms with Crippen molar-refractivity contribution < 1.29 is 14.3 Å². The topological polar surface area (TPSA) is 49.9 Å². The molecule has 2 saturated heterocycles. The Morgan fingerprint density at radius 2 is 1.86 bits per heavy atom. The normalized spacial score (nSPS) is 21.1. The van der Waals surface area contributed by atoms with E-state index >= 15 is 0 Å². The minimum Gasteiger partial charge on any atom is -0.496 e. The van der Waals surface area contributed by atoms with Crippen LogP contribution in [0.1, 0.15) is 39.2 Å². The van der Waals surface area contributed by atoms with E-state index in [4.69, 9.17) is 4.74 Å². The zero-order chi connectivity index (χ0) is 20.3. The molecule has 0 aliphatic carbocycles. The number of carbonyl (C=O) groups excluding carboxylic acids is 2. The van der Waals surface area contributed by atoms with Gasteiger partial charge in [-0.15, -0.1) is 11.8 Å². The van der Waals surface area contributed by atoms with Gasteiger partial charge in [0.05, 0.1) is 13.0 Å². The first-order valence-corrected chi connectivity index (χ1v) is 11.3. The number of amides is 2. The highest BCUT2D eigenvalue weighted by Gasteiger charge is 2.41. The van der Waals surface area contributed by atoms with Crippen LogP contribution in [0.4, 0.5) is 0 Å². The van der Waals surface area contributed by atoms with E-state index in [1.807, 2.05) is 37.8 Å². The van der Waals surface area contributed by atoms with Gasteiger partial charge in [0, 0.05) is 24.3 Å². The minimum absolute atomic E-state index is 0.0712. The number of likely N-dealkylation sites (tertiary alicyclic amines) is 1. The largest absolute Gasteiger partial charge is 0.496 e. The summed E-state index contributed by atoms with van der Waals surface area (Å²) in [6, 6.07) is 7.87. The molecule has 0 aromatic heterocycles. The van der Waals surface area contributed by atoms with Crippen molar-refractivity contribution in [1.29, 1.82) is 0 Å². The van der Waals surface area contributed by atoms with Crippen molar-refractivity contribution in [3.05, 3.63) is 29.8 Å². The Labute approximate surface area is 172 Å². The van der Waals surface area contributed by atoms with E-state index in [0.717, 1.165) is 38.1 Å². The number of carbonyl (C=O) groups is 2. The zero-order valence-electron chi connectivity index (χ0n) is 17.4. The first-order chi connectivity index (χ1) is 13.3. The lowest BCUT2D eigenvalue weighted by molar-refractivity contribution is -0.148. The van der Waals surface area contributed by atoms with Crippen molar-refractivity contribution in [3.63, 3.8) is 0 Å². The molecule has 154 valence electrons. The van der Waals surface area contributed by atoms with Gasteiger partial charge in [-0.3, -0.25) is 9.59 Å². The molecule has 5 nitrogen and oxygen atoms in total. The molecule has 3 rings (SSSR count). The van der Waals surface area contributed by atoms with Crippen molar-refractivity contribution in [3.8, 4) is 5.75 Å². The van der Waals surface area contributed by atoms with Crippen LogP contribution in [0.3, 0.4) is 0 Å². The van der Waals surface area contributed by atoms with Crippen molar-refractivity contribution >= 4 is 23.6 Å². The number of hydrogen-bond acceptors (Lipinski definition) is 4. The Morgan fingerprint density at radius 1 is 1.18 bits per heavy atom. The minimum atomic E-state index is -0.453. The molecule has 0 saturated carbocycles.